The van der Waals surface area contributed by atoms with E-state index in [2.05, 4.69) is 20.5 Å². The second-order valence-electron chi connectivity index (χ2n) is 4.27. The van der Waals surface area contributed by atoms with Crippen LogP contribution in [-0.2, 0) is 0 Å². The van der Waals surface area contributed by atoms with Gasteiger partial charge in [0.25, 0.3) is 5.91 Å². The first-order valence-electron chi connectivity index (χ1n) is 6.28. The van der Waals surface area contributed by atoms with Crippen LogP contribution in [0.3, 0.4) is 0 Å². The third kappa shape index (κ3) is 4.04. The molecule has 2 aromatic heterocycles. The van der Waals surface area contributed by atoms with Gasteiger partial charge < -0.3 is 5.32 Å². The molecule has 1 aromatic carbocycles. The van der Waals surface area contributed by atoms with Crippen molar-refractivity contribution in [2.24, 2.45) is 0 Å². The molecule has 0 atom stereocenters. The molecule has 0 aliphatic heterocycles. The van der Waals surface area contributed by atoms with Crippen LogP contribution in [0.15, 0.2) is 51.3 Å². The average molecular weight is 367 g/mol. The van der Waals surface area contributed by atoms with E-state index >= 15 is 0 Å². The molecule has 0 fully saturated rings. The van der Waals surface area contributed by atoms with E-state index < -0.39 is 11.9 Å². The molecule has 0 saturated carbocycles. The fourth-order valence-electron chi connectivity index (χ4n) is 1.71. The highest BCUT2D eigenvalue weighted by atomic mass is 35.5. The predicted octanol–water partition coefficient (Wildman–Crippen LogP) is 4.13. The van der Waals surface area contributed by atoms with Crippen LogP contribution in [0.25, 0.3) is 0 Å². The number of nitrogens with one attached hydrogen (secondary N) is 1. The number of hydrogen-bond acceptors (Lipinski definition) is 6. The summed E-state index contributed by atoms with van der Waals surface area (Å²) in [5, 5.41) is 10.8. The van der Waals surface area contributed by atoms with Crippen molar-refractivity contribution in [2.45, 2.75) is 9.24 Å². The fraction of sp³-hybridized carbons (Fsp3) is 0. The first-order valence-corrected chi connectivity index (χ1v) is 8.36. The molecular formula is C14H8ClFN4OS2. The Labute approximate surface area is 143 Å². The summed E-state index contributed by atoms with van der Waals surface area (Å²) in [6.07, 6.45) is 1.24. The first-order chi connectivity index (χ1) is 11.1. The number of rotatable bonds is 4. The van der Waals surface area contributed by atoms with Gasteiger partial charge in [-0.25, -0.2) is 4.98 Å². The number of pyridine rings is 1. The van der Waals surface area contributed by atoms with Crippen LogP contribution in [0.5, 0.6) is 0 Å². The highest BCUT2D eigenvalue weighted by Crippen LogP contribution is 2.35. The van der Waals surface area contributed by atoms with Crippen LogP contribution in [0.4, 0.5) is 10.1 Å². The number of anilines is 1. The maximum Gasteiger partial charge on any atom is 0.255 e. The van der Waals surface area contributed by atoms with Crippen LogP contribution in [0.1, 0.15) is 10.4 Å². The molecule has 0 radical (unpaired) electrons. The van der Waals surface area contributed by atoms with Gasteiger partial charge in [0.05, 0.1) is 5.02 Å². The van der Waals surface area contributed by atoms with Gasteiger partial charge in [0.1, 0.15) is 5.51 Å². The highest BCUT2D eigenvalue weighted by molar-refractivity contribution is 8.01. The zero-order chi connectivity index (χ0) is 16.2. The third-order valence-electron chi connectivity index (χ3n) is 2.72. The van der Waals surface area contributed by atoms with Crippen molar-refractivity contribution in [2.75, 3.05) is 5.32 Å². The van der Waals surface area contributed by atoms with Gasteiger partial charge in [-0.05, 0) is 24.3 Å². The largest absolute Gasteiger partial charge is 0.322 e. The Kier molecular flexibility index (Phi) is 4.85. The van der Waals surface area contributed by atoms with Gasteiger partial charge in [-0.3, -0.25) is 4.79 Å². The van der Waals surface area contributed by atoms with Crippen molar-refractivity contribution >= 4 is 46.3 Å². The lowest BCUT2D eigenvalue weighted by Gasteiger charge is -2.08. The van der Waals surface area contributed by atoms with E-state index in [0.717, 1.165) is 15.3 Å². The number of hydrogen-bond donors (Lipinski definition) is 1. The van der Waals surface area contributed by atoms with Crippen molar-refractivity contribution in [1.82, 2.24) is 15.2 Å². The zero-order valence-corrected chi connectivity index (χ0v) is 13.8. The minimum absolute atomic E-state index is 0.181. The Morgan fingerprint density at radius 1 is 1.30 bits per heavy atom. The summed E-state index contributed by atoms with van der Waals surface area (Å²) in [6, 6.07) is 7.61. The second kappa shape index (κ2) is 7.03. The molecule has 23 heavy (non-hydrogen) atoms. The summed E-state index contributed by atoms with van der Waals surface area (Å²) in [7, 11) is 0. The van der Waals surface area contributed by atoms with Crippen LogP contribution in [-0.4, -0.2) is 21.1 Å². The summed E-state index contributed by atoms with van der Waals surface area (Å²) in [6.45, 7) is 0. The molecule has 0 spiro atoms. The normalized spacial score (nSPS) is 10.5. The van der Waals surface area contributed by atoms with Crippen molar-refractivity contribution in [1.29, 1.82) is 0 Å². The molecule has 2 heterocycles. The van der Waals surface area contributed by atoms with Crippen LogP contribution in [0, 0.1) is 5.95 Å². The van der Waals surface area contributed by atoms with E-state index in [9.17, 15) is 9.18 Å². The second-order valence-corrected chi connectivity index (χ2v) is 6.80. The monoisotopic (exact) mass is 366 g/mol. The number of amides is 1. The van der Waals surface area contributed by atoms with Gasteiger partial charge >= 0.3 is 0 Å². The smallest absolute Gasteiger partial charge is 0.255 e. The summed E-state index contributed by atoms with van der Waals surface area (Å²) in [5.74, 6) is -1.15. The summed E-state index contributed by atoms with van der Waals surface area (Å²) in [5.41, 5.74) is 2.33. The third-order valence-corrected chi connectivity index (χ3v) is 4.99. The lowest BCUT2D eigenvalue weighted by molar-refractivity contribution is 0.102. The maximum atomic E-state index is 13.0. The van der Waals surface area contributed by atoms with Crippen LogP contribution >= 0.6 is 34.7 Å². The Bertz CT molecular complexity index is 845. The van der Waals surface area contributed by atoms with E-state index in [1.54, 1.807) is 23.7 Å². The molecule has 0 unspecified atom stereocenters. The fourth-order valence-corrected chi connectivity index (χ4v) is 3.44. The minimum Gasteiger partial charge on any atom is -0.322 e. The Hall–Kier alpha value is -2.03. The SMILES string of the molecule is O=C(Nc1ccc(Sc2nncs2)c(Cl)c1)c1ccnc(F)c1. The van der Waals surface area contributed by atoms with Gasteiger partial charge in [0.15, 0.2) is 4.34 Å². The number of halogens is 2. The number of aromatic nitrogens is 3. The number of benzene rings is 1. The van der Waals surface area contributed by atoms with Gasteiger partial charge in [-0.15, -0.1) is 10.2 Å². The molecular weight excluding hydrogens is 359 g/mol. The van der Waals surface area contributed by atoms with E-state index in [0.29, 0.717) is 10.7 Å². The molecule has 3 rings (SSSR count). The molecule has 0 aliphatic carbocycles. The van der Waals surface area contributed by atoms with Gasteiger partial charge in [0, 0.05) is 28.4 Å². The minimum atomic E-state index is -0.709. The summed E-state index contributed by atoms with van der Waals surface area (Å²) >= 11 is 9.02. The van der Waals surface area contributed by atoms with Gasteiger partial charge in [0.2, 0.25) is 5.95 Å². The lowest BCUT2D eigenvalue weighted by atomic mass is 10.2. The van der Waals surface area contributed by atoms with E-state index in [1.807, 2.05) is 0 Å². The quantitative estimate of drug-likeness (QED) is 0.703. The van der Waals surface area contributed by atoms with Gasteiger partial charge in [-0.1, -0.05) is 34.7 Å². The van der Waals surface area contributed by atoms with Gasteiger partial charge in [-0.2, -0.15) is 4.39 Å². The van der Waals surface area contributed by atoms with Crippen molar-refractivity contribution in [3.05, 3.63) is 58.6 Å². The summed E-state index contributed by atoms with van der Waals surface area (Å²) < 4.78 is 13.8. The molecule has 5 nitrogen and oxygen atoms in total. The van der Waals surface area contributed by atoms with E-state index in [-0.39, 0.29) is 5.56 Å². The molecule has 1 amide bonds. The standard InChI is InChI=1S/C14H8ClFN4OS2/c15-10-6-9(1-2-11(10)23-14-20-18-7-22-14)19-13(21)8-3-4-17-12(16)5-8/h1-7H,(H,19,21). The molecule has 9 heteroatoms. The Morgan fingerprint density at radius 3 is 2.87 bits per heavy atom. The van der Waals surface area contributed by atoms with E-state index in [1.165, 1.54) is 35.4 Å². The molecule has 0 bridgehead atoms. The van der Waals surface area contributed by atoms with Crippen LogP contribution < -0.4 is 5.32 Å². The first kappa shape index (κ1) is 15.9. The molecule has 0 saturated heterocycles. The molecule has 3 aromatic rings. The average Bonchev–Trinajstić information content (AvgIpc) is 3.03. The molecule has 116 valence electrons. The van der Waals surface area contributed by atoms with Crippen LogP contribution in [0.2, 0.25) is 5.02 Å². The van der Waals surface area contributed by atoms with Crippen molar-refractivity contribution in [3.63, 3.8) is 0 Å². The van der Waals surface area contributed by atoms with Crippen molar-refractivity contribution < 1.29 is 9.18 Å². The topological polar surface area (TPSA) is 67.8 Å². The number of carbonyl (C=O) groups is 1. The van der Waals surface area contributed by atoms with E-state index in [4.69, 9.17) is 11.6 Å². The lowest BCUT2D eigenvalue weighted by Crippen LogP contribution is -2.12. The summed E-state index contributed by atoms with van der Waals surface area (Å²) in [4.78, 5) is 16.3. The highest BCUT2D eigenvalue weighted by Gasteiger charge is 2.10. The maximum absolute atomic E-state index is 13.0. The Morgan fingerprint density at radius 2 is 2.17 bits per heavy atom. The Balaban J connectivity index is 1.74. The zero-order valence-electron chi connectivity index (χ0n) is 11.4. The predicted molar refractivity (Wildman–Crippen MR) is 87.6 cm³/mol. The molecule has 1 N–H and O–H groups in total. The van der Waals surface area contributed by atoms with Crippen molar-refractivity contribution in [3.8, 4) is 0 Å². The number of nitrogens with zero attached hydrogens (tertiary/aromatic N) is 3. The molecule has 0 aliphatic rings. The number of carbonyl (C=O) groups excluding carboxylic acids is 1.